The second-order valence-corrected chi connectivity index (χ2v) is 4.56. The Morgan fingerprint density at radius 1 is 1.41 bits per heavy atom. The molecule has 4 nitrogen and oxygen atoms in total. The predicted octanol–water partition coefficient (Wildman–Crippen LogP) is 2.79. The van der Waals surface area contributed by atoms with E-state index in [2.05, 4.69) is 21.0 Å². The van der Waals surface area contributed by atoms with Crippen molar-refractivity contribution in [3.63, 3.8) is 0 Å². The van der Waals surface area contributed by atoms with Crippen LogP contribution in [0.3, 0.4) is 0 Å². The number of rotatable bonds is 4. The Balaban J connectivity index is 2.15. The number of aryl methyl sites for hydroxylation is 1. The molecule has 0 aliphatic heterocycles. The van der Waals surface area contributed by atoms with Gasteiger partial charge in [-0.25, -0.2) is 0 Å². The van der Waals surface area contributed by atoms with Gasteiger partial charge in [0.25, 0.3) is 0 Å². The van der Waals surface area contributed by atoms with Gasteiger partial charge in [0.05, 0.1) is 19.2 Å². The zero-order valence-electron chi connectivity index (χ0n) is 9.01. The van der Waals surface area contributed by atoms with E-state index in [0.717, 1.165) is 15.6 Å². The van der Waals surface area contributed by atoms with Crippen molar-refractivity contribution < 1.29 is 9.90 Å². The van der Waals surface area contributed by atoms with E-state index >= 15 is 0 Å². The zero-order chi connectivity index (χ0) is 12.3. The van der Waals surface area contributed by atoms with Crippen molar-refractivity contribution in [1.29, 1.82) is 0 Å². The van der Waals surface area contributed by atoms with Crippen LogP contribution in [0, 0.1) is 0 Å². The molecule has 1 aromatic heterocycles. The molecule has 0 aliphatic rings. The minimum absolute atomic E-state index is 0.0829. The fourth-order valence-electron chi connectivity index (χ4n) is 1.51. The molecule has 1 N–H and O–H groups in total. The maximum atomic E-state index is 10.4. The maximum Gasteiger partial charge on any atom is 0.305 e. The Labute approximate surface area is 107 Å². The predicted molar refractivity (Wildman–Crippen MR) is 67.6 cm³/mol. The molecule has 88 valence electrons. The average molecular weight is 295 g/mol. The minimum Gasteiger partial charge on any atom is -0.481 e. The minimum atomic E-state index is -0.815. The maximum absolute atomic E-state index is 10.4. The first kappa shape index (κ1) is 11.9. The third-order valence-corrected chi connectivity index (χ3v) is 2.84. The molecular weight excluding hydrogens is 284 g/mol. The van der Waals surface area contributed by atoms with E-state index < -0.39 is 5.97 Å². The molecule has 0 unspecified atom stereocenters. The molecule has 17 heavy (non-hydrogen) atoms. The molecule has 0 radical (unpaired) electrons. The Morgan fingerprint density at radius 2 is 2.24 bits per heavy atom. The van der Waals surface area contributed by atoms with E-state index in [1.165, 1.54) is 0 Å². The van der Waals surface area contributed by atoms with Crippen molar-refractivity contribution in [2.75, 3.05) is 0 Å². The van der Waals surface area contributed by atoms with Crippen molar-refractivity contribution in [1.82, 2.24) is 9.78 Å². The first-order valence-corrected chi connectivity index (χ1v) is 5.94. The van der Waals surface area contributed by atoms with Crippen molar-refractivity contribution in [2.45, 2.75) is 13.0 Å². The monoisotopic (exact) mass is 294 g/mol. The van der Waals surface area contributed by atoms with Crippen LogP contribution >= 0.6 is 15.9 Å². The van der Waals surface area contributed by atoms with Crippen LogP contribution in [0.25, 0.3) is 11.1 Å². The lowest BCUT2D eigenvalue weighted by Crippen LogP contribution is -2.04. The van der Waals surface area contributed by atoms with Crippen LogP contribution in [-0.4, -0.2) is 20.9 Å². The molecule has 5 heteroatoms. The Hall–Kier alpha value is -1.62. The summed E-state index contributed by atoms with van der Waals surface area (Å²) in [5, 5.41) is 12.7. The van der Waals surface area contributed by atoms with Gasteiger partial charge in [-0.2, -0.15) is 5.10 Å². The van der Waals surface area contributed by atoms with E-state index in [9.17, 15) is 4.79 Å². The van der Waals surface area contributed by atoms with Crippen LogP contribution in [-0.2, 0) is 11.3 Å². The number of halogens is 1. The average Bonchev–Trinajstić information content (AvgIpc) is 2.75. The first-order chi connectivity index (χ1) is 8.15. The van der Waals surface area contributed by atoms with Crippen LogP contribution in [0.5, 0.6) is 0 Å². The summed E-state index contributed by atoms with van der Waals surface area (Å²) in [6.07, 6.45) is 3.67. The number of benzene rings is 1. The summed E-state index contributed by atoms with van der Waals surface area (Å²) in [7, 11) is 0. The summed E-state index contributed by atoms with van der Waals surface area (Å²) in [6.45, 7) is 0.392. The van der Waals surface area contributed by atoms with Crippen molar-refractivity contribution in [3.05, 3.63) is 41.1 Å². The summed E-state index contributed by atoms with van der Waals surface area (Å²) < 4.78 is 2.65. The van der Waals surface area contributed by atoms with Crippen LogP contribution < -0.4 is 0 Å². The van der Waals surface area contributed by atoms with Crippen LogP contribution in [0.2, 0.25) is 0 Å². The summed E-state index contributed by atoms with van der Waals surface area (Å²) in [5.74, 6) is -0.815. The molecule has 2 aromatic rings. The zero-order valence-corrected chi connectivity index (χ0v) is 10.6. The van der Waals surface area contributed by atoms with Crippen molar-refractivity contribution in [2.24, 2.45) is 0 Å². The largest absolute Gasteiger partial charge is 0.481 e. The summed E-state index contributed by atoms with van der Waals surface area (Å²) in [5.41, 5.74) is 2.04. The SMILES string of the molecule is O=C(O)CCn1cc(-c2cccc(Br)c2)cn1. The van der Waals surface area contributed by atoms with Crippen LogP contribution in [0.4, 0.5) is 0 Å². The quantitative estimate of drug-likeness (QED) is 0.943. The Morgan fingerprint density at radius 3 is 2.94 bits per heavy atom. The van der Waals surface area contributed by atoms with Gasteiger partial charge in [0.1, 0.15) is 0 Å². The van der Waals surface area contributed by atoms with Gasteiger partial charge in [-0.3, -0.25) is 9.48 Å². The molecule has 0 bridgehead atoms. The molecule has 0 saturated carbocycles. The van der Waals surface area contributed by atoms with Crippen LogP contribution in [0.15, 0.2) is 41.1 Å². The number of hydrogen-bond acceptors (Lipinski definition) is 2. The number of aliphatic carboxylic acids is 1. The number of aromatic nitrogens is 2. The van der Waals surface area contributed by atoms with Gasteiger partial charge in [0.15, 0.2) is 0 Å². The number of carboxylic acid groups (broad SMARTS) is 1. The lowest BCUT2D eigenvalue weighted by atomic mass is 10.1. The lowest BCUT2D eigenvalue weighted by Gasteiger charge is -1.98. The van der Waals surface area contributed by atoms with E-state index in [4.69, 9.17) is 5.11 Å². The van der Waals surface area contributed by atoms with Gasteiger partial charge in [0, 0.05) is 16.2 Å². The second-order valence-electron chi connectivity index (χ2n) is 3.65. The number of hydrogen-bond donors (Lipinski definition) is 1. The highest BCUT2D eigenvalue weighted by atomic mass is 79.9. The number of carboxylic acids is 1. The highest BCUT2D eigenvalue weighted by Crippen LogP contribution is 2.22. The lowest BCUT2D eigenvalue weighted by molar-refractivity contribution is -0.137. The third-order valence-electron chi connectivity index (χ3n) is 2.35. The van der Waals surface area contributed by atoms with E-state index in [-0.39, 0.29) is 6.42 Å². The Bertz CT molecular complexity index is 537. The van der Waals surface area contributed by atoms with Gasteiger partial charge >= 0.3 is 5.97 Å². The molecule has 1 heterocycles. The van der Waals surface area contributed by atoms with Gasteiger partial charge in [-0.15, -0.1) is 0 Å². The molecule has 0 atom stereocenters. The van der Waals surface area contributed by atoms with Gasteiger partial charge < -0.3 is 5.11 Å². The molecule has 0 amide bonds. The van der Waals surface area contributed by atoms with Crippen molar-refractivity contribution >= 4 is 21.9 Å². The molecule has 0 spiro atoms. The molecule has 2 rings (SSSR count). The number of nitrogens with zero attached hydrogens (tertiary/aromatic N) is 2. The van der Waals surface area contributed by atoms with Gasteiger partial charge in [-0.1, -0.05) is 28.1 Å². The van der Waals surface area contributed by atoms with E-state index in [1.807, 2.05) is 30.5 Å². The highest BCUT2D eigenvalue weighted by Gasteiger charge is 2.03. The first-order valence-electron chi connectivity index (χ1n) is 5.15. The third kappa shape index (κ3) is 3.17. The summed E-state index contributed by atoms with van der Waals surface area (Å²) in [6, 6.07) is 7.90. The fraction of sp³-hybridized carbons (Fsp3) is 0.167. The van der Waals surface area contributed by atoms with Gasteiger partial charge in [0.2, 0.25) is 0 Å². The Kier molecular flexibility index (Phi) is 3.58. The number of carbonyl (C=O) groups is 1. The van der Waals surface area contributed by atoms with Crippen molar-refractivity contribution in [3.8, 4) is 11.1 Å². The standard InChI is InChI=1S/C12H11BrN2O2/c13-11-3-1-2-9(6-11)10-7-14-15(8-10)5-4-12(16)17/h1-3,6-8H,4-5H2,(H,16,17). The van der Waals surface area contributed by atoms with E-state index in [1.54, 1.807) is 10.9 Å². The molecule has 0 saturated heterocycles. The summed E-state index contributed by atoms with van der Waals surface area (Å²) in [4.78, 5) is 10.4. The van der Waals surface area contributed by atoms with Crippen LogP contribution in [0.1, 0.15) is 6.42 Å². The molecule has 1 aromatic carbocycles. The second kappa shape index (κ2) is 5.14. The highest BCUT2D eigenvalue weighted by molar-refractivity contribution is 9.10. The smallest absolute Gasteiger partial charge is 0.305 e. The molecule has 0 fully saturated rings. The molecule has 0 aliphatic carbocycles. The van der Waals surface area contributed by atoms with Gasteiger partial charge in [-0.05, 0) is 17.7 Å². The molecular formula is C12H11BrN2O2. The fourth-order valence-corrected chi connectivity index (χ4v) is 1.91. The summed E-state index contributed by atoms with van der Waals surface area (Å²) >= 11 is 3.41. The van der Waals surface area contributed by atoms with E-state index in [0.29, 0.717) is 6.54 Å². The normalized spacial score (nSPS) is 10.4. The topological polar surface area (TPSA) is 55.1 Å².